The fourth-order valence-electron chi connectivity index (χ4n) is 1.87. The molecule has 0 aliphatic heterocycles. The second-order valence-corrected chi connectivity index (χ2v) is 4.17. The second-order valence-electron chi connectivity index (χ2n) is 4.17. The van der Waals surface area contributed by atoms with Crippen LogP contribution in [0.25, 0.3) is 0 Å². The number of nitrogen functional groups attached to an aromatic ring is 1. The molecular formula is C13H17N3O2. The number of anilines is 1. The first-order valence-corrected chi connectivity index (χ1v) is 5.70. The number of methoxy groups -OCH3 is 1. The van der Waals surface area contributed by atoms with Gasteiger partial charge in [0, 0.05) is 11.6 Å². The molecule has 18 heavy (non-hydrogen) atoms. The van der Waals surface area contributed by atoms with Gasteiger partial charge in [0.25, 0.3) is 0 Å². The van der Waals surface area contributed by atoms with E-state index in [2.05, 4.69) is 5.10 Å². The van der Waals surface area contributed by atoms with Gasteiger partial charge in [0.15, 0.2) is 0 Å². The number of hydrogen-bond donors (Lipinski definition) is 2. The number of rotatable bonds is 4. The lowest BCUT2D eigenvalue weighted by Crippen LogP contribution is -2.07. The summed E-state index contributed by atoms with van der Waals surface area (Å²) in [7, 11) is 1.61. The number of aliphatic hydroxyl groups is 1. The number of ether oxygens (including phenoxy) is 1. The largest absolute Gasteiger partial charge is 0.496 e. The SMILES string of the molecule is COc1cc(CO)ccc1Cn1nc(C)cc1N. The highest BCUT2D eigenvalue weighted by molar-refractivity contribution is 5.39. The van der Waals surface area contributed by atoms with Gasteiger partial charge < -0.3 is 15.6 Å². The molecule has 2 aromatic rings. The zero-order chi connectivity index (χ0) is 13.1. The Morgan fingerprint density at radius 2 is 2.17 bits per heavy atom. The maximum absolute atomic E-state index is 9.09. The summed E-state index contributed by atoms with van der Waals surface area (Å²) in [6.45, 7) is 2.45. The van der Waals surface area contributed by atoms with Crippen LogP contribution in [0.4, 0.5) is 5.82 Å². The molecule has 3 N–H and O–H groups in total. The van der Waals surface area contributed by atoms with Crippen LogP contribution < -0.4 is 10.5 Å². The molecule has 1 aromatic heterocycles. The van der Waals surface area contributed by atoms with Gasteiger partial charge in [-0.2, -0.15) is 5.10 Å². The van der Waals surface area contributed by atoms with Gasteiger partial charge in [-0.05, 0) is 18.6 Å². The molecule has 2 rings (SSSR count). The summed E-state index contributed by atoms with van der Waals surface area (Å²) in [5.74, 6) is 1.36. The maximum Gasteiger partial charge on any atom is 0.124 e. The topological polar surface area (TPSA) is 73.3 Å². The van der Waals surface area contributed by atoms with E-state index in [9.17, 15) is 0 Å². The molecule has 0 saturated heterocycles. The van der Waals surface area contributed by atoms with E-state index in [4.69, 9.17) is 15.6 Å². The third-order valence-electron chi connectivity index (χ3n) is 2.79. The molecule has 0 aliphatic carbocycles. The average Bonchev–Trinajstić information content (AvgIpc) is 2.68. The van der Waals surface area contributed by atoms with Gasteiger partial charge in [0.2, 0.25) is 0 Å². The van der Waals surface area contributed by atoms with Gasteiger partial charge in [-0.15, -0.1) is 0 Å². The first-order chi connectivity index (χ1) is 8.63. The number of aromatic nitrogens is 2. The number of aryl methyl sites for hydroxylation is 1. The van der Waals surface area contributed by atoms with E-state index in [1.165, 1.54) is 0 Å². The molecule has 0 radical (unpaired) electrons. The molecule has 0 bridgehead atoms. The predicted octanol–water partition coefficient (Wildman–Crippen LogP) is 1.32. The van der Waals surface area contributed by atoms with Crippen molar-refractivity contribution in [1.29, 1.82) is 0 Å². The lowest BCUT2D eigenvalue weighted by molar-refractivity contribution is 0.281. The summed E-state index contributed by atoms with van der Waals surface area (Å²) in [4.78, 5) is 0. The number of nitrogens with two attached hydrogens (primary N) is 1. The van der Waals surface area contributed by atoms with E-state index in [0.29, 0.717) is 12.4 Å². The molecule has 5 nitrogen and oxygen atoms in total. The van der Waals surface area contributed by atoms with Crippen LogP contribution in [0.3, 0.4) is 0 Å². The Labute approximate surface area is 106 Å². The van der Waals surface area contributed by atoms with Crippen LogP contribution in [0.1, 0.15) is 16.8 Å². The molecule has 0 unspecified atom stereocenters. The van der Waals surface area contributed by atoms with E-state index in [1.54, 1.807) is 11.8 Å². The van der Waals surface area contributed by atoms with Crippen molar-refractivity contribution in [2.75, 3.05) is 12.8 Å². The van der Waals surface area contributed by atoms with Crippen molar-refractivity contribution in [3.05, 3.63) is 41.1 Å². The number of nitrogens with zero attached hydrogens (tertiary/aromatic N) is 2. The van der Waals surface area contributed by atoms with Crippen LogP contribution >= 0.6 is 0 Å². The molecular weight excluding hydrogens is 230 g/mol. The van der Waals surface area contributed by atoms with E-state index in [0.717, 1.165) is 22.6 Å². The van der Waals surface area contributed by atoms with Crippen LogP contribution in [0, 0.1) is 6.92 Å². The lowest BCUT2D eigenvalue weighted by atomic mass is 10.1. The minimum absolute atomic E-state index is 0.000340. The van der Waals surface area contributed by atoms with Crippen molar-refractivity contribution in [3.8, 4) is 5.75 Å². The van der Waals surface area contributed by atoms with Gasteiger partial charge in [-0.1, -0.05) is 12.1 Å². The van der Waals surface area contributed by atoms with Crippen molar-refractivity contribution >= 4 is 5.82 Å². The first kappa shape index (κ1) is 12.4. The van der Waals surface area contributed by atoms with Crippen molar-refractivity contribution in [2.45, 2.75) is 20.1 Å². The smallest absolute Gasteiger partial charge is 0.124 e. The molecule has 0 spiro atoms. The quantitative estimate of drug-likeness (QED) is 0.854. The molecule has 0 fully saturated rings. The molecule has 0 saturated carbocycles. The molecule has 5 heteroatoms. The zero-order valence-corrected chi connectivity index (χ0v) is 10.6. The number of aliphatic hydroxyl groups excluding tert-OH is 1. The molecule has 1 aromatic carbocycles. The highest BCUT2D eigenvalue weighted by Crippen LogP contribution is 2.22. The van der Waals surface area contributed by atoms with Gasteiger partial charge in [-0.3, -0.25) is 0 Å². The minimum atomic E-state index is -0.000340. The van der Waals surface area contributed by atoms with E-state index < -0.39 is 0 Å². The normalized spacial score (nSPS) is 10.6. The van der Waals surface area contributed by atoms with Gasteiger partial charge in [-0.25, -0.2) is 4.68 Å². The van der Waals surface area contributed by atoms with Crippen molar-refractivity contribution in [1.82, 2.24) is 9.78 Å². The Balaban J connectivity index is 2.31. The van der Waals surface area contributed by atoms with Crippen molar-refractivity contribution in [3.63, 3.8) is 0 Å². The highest BCUT2D eigenvalue weighted by Gasteiger charge is 2.08. The summed E-state index contributed by atoms with van der Waals surface area (Å²) < 4.78 is 7.04. The summed E-state index contributed by atoms with van der Waals surface area (Å²) in [6, 6.07) is 7.43. The molecule has 0 aliphatic rings. The standard InChI is InChI=1S/C13H17N3O2/c1-9-5-13(14)16(15-9)7-11-4-3-10(8-17)6-12(11)18-2/h3-6,17H,7-8,14H2,1-2H3. The fourth-order valence-corrected chi connectivity index (χ4v) is 1.87. The Bertz CT molecular complexity index is 549. The third kappa shape index (κ3) is 2.46. The Hall–Kier alpha value is -2.01. The van der Waals surface area contributed by atoms with Crippen LogP contribution in [0.2, 0.25) is 0 Å². The van der Waals surface area contributed by atoms with Crippen molar-refractivity contribution in [2.24, 2.45) is 0 Å². The summed E-state index contributed by atoms with van der Waals surface area (Å²) >= 11 is 0. The maximum atomic E-state index is 9.09. The van der Waals surface area contributed by atoms with Crippen LogP contribution in [0.5, 0.6) is 5.75 Å². The first-order valence-electron chi connectivity index (χ1n) is 5.70. The van der Waals surface area contributed by atoms with Crippen LogP contribution in [-0.4, -0.2) is 22.0 Å². The minimum Gasteiger partial charge on any atom is -0.496 e. The Kier molecular flexibility index (Phi) is 3.53. The molecule has 0 amide bonds. The zero-order valence-electron chi connectivity index (χ0n) is 10.6. The van der Waals surface area contributed by atoms with Gasteiger partial charge in [0.1, 0.15) is 11.6 Å². The highest BCUT2D eigenvalue weighted by atomic mass is 16.5. The fraction of sp³-hybridized carbons (Fsp3) is 0.308. The van der Waals surface area contributed by atoms with Gasteiger partial charge >= 0.3 is 0 Å². The van der Waals surface area contributed by atoms with Crippen molar-refractivity contribution < 1.29 is 9.84 Å². The lowest BCUT2D eigenvalue weighted by Gasteiger charge is -2.11. The summed E-state index contributed by atoms with van der Waals surface area (Å²) in [6.07, 6.45) is 0. The average molecular weight is 247 g/mol. The van der Waals surface area contributed by atoms with E-state index in [1.807, 2.05) is 31.2 Å². The third-order valence-corrected chi connectivity index (χ3v) is 2.79. The van der Waals surface area contributed by atoms with Crippen LogP contribution in [-0.2, 0) is 13.2 Å². The second kappa shape index (κ2) is 5.10. The Morgan fingerprint density at radius 1 is 1.39 bits per heavy atom. The molecule has 0 atom stereocenters. The number of hydrogen-bond acceptors (Lipinski definition) is 4. The van der Waals surface area contributed by atoms with Crippen LogP contribution in [0.15, 0.2) is 24.3 Å². The Morgan fingerprint density at radius 3 is 2.72 bits per heavy atom. The summed E-state index contributed by atoms with van der Waals surface area (Å²) in [5, 5.41) is 13.4. The molecule has 96 valence electrons. The summed E-state index contributed by atoms with van der Waals surface area (Å²) in [5.41, 5.74) is 8.54. The number of benzene rings is 1. The molecule has 1 heterocycles. The predicted molar refractivity (Wildman–Crippen MR) is 69.4 cm³/mol. The van der Waals surface area contributed by atoms with E-state index >= 15 is 0 Å². The van der Waals surface area contributed by atoms with Gasteiger partial charge in [0.05, 0.1) is 26.0 Å². The monoisotopic (exact) mass is 247 g/mol. The van der Waals surface area contributed by atoms with E-state index in [-0.39, 0.29) is 6.61 Å².